The average Bonchev–Trinajstić information content (AvgIpc) is 2.62. The lowest BCUT2D eigenvalue weighted by molar-refractivity contribution is -0.159. The van der Waals surface area contributed by atoms with Crippen LogP contribution in [0.3, 0.4) is 0 Å². The van der Waals surface area contributed by atoms with Gasteiger partial charge in [0, 0.05) is 26.7 Å². The molecule has 0 aromatic carbocycles. The zero-order valence-electron chi connectivity index (χ0n) is 12.8. The highest BCUT2D eigenvalue weighted by atomic mass is 16.5. The first-order chi connectivity index (χ1) is 9.47. The molecule has 1 amide bonds. The highest BCUT2D eigenvalue weighted by molar-refractivity contribution is 5.84. The van der Waals surface area contributed by atoms with Crippen molar-refractivity contribution in [2.45, 2.75) is 56.7 Å². The number of carbonyl (C=O) groups is 1. The van der Waals surface area contributed by atoms with Crippen LogP contribution in [-0.2, 0) is 9.53 Å². The van der Waals surface area contributed by atoms with Gasteiger partial charge < -0.3 is 15.2 Å². The molecule has 1 unspecified atom stereocenters. The summed E-state index contributed by atoms with van der Waals surface area (Å²) in [6.07, 6.45) is 6.41. The summed E-state index contributed by atoms with van der Waals surface area (Å²) in [4.78, 5) is 14.1. The normalized spacial score (nSPS) is 31.6. The molecule has 2 fully saturated rings. The van der Waals surface area contributed by atoms with Crippen LogP contribution in [0.1, 0.15) is 45.4 Å². The van der Waals surface area contributed by atoms with Crippen LogP contribution < -0.4 is 5.32 Å². The fourth-order valence-electron chi connectivity index (χ4n) is 3.45. The Morgan fingerprint density at radius 3 is 2.55 bits per heavy atom. The second-order valence-corrected chi connectivity index (χ2v) is 6.51. The molecule has 0 radical (unpaired) electrons. The maximum atomic E-state index is 11.9. The van der Waals surface area contributed by atoms with Crippen molar-refractivity contribution in [2.24, 2.45) is 0 Å². The van der Waals surface area contributed by atoms with Gasteiger partial charge in [0.15, 0.2) is 5.60 Å². The van der Waals surface area contributed by atoms with Crippen molar-refractivity contribution in [3.63, 3.8) is 0 Å². The Bertz CT molecular complexity index is 340. The summed E-state index contributed by atoms with van der Waals surface area (Å²) < 4.78 is 5.66. The Balaban J connectivity index is 1.96. The Morgan fingerprint density at radius 1 is 1.30 bits per heavy atom. The van der Waals surface area contributed by atoms with E-state index in [0.717, 1.165) is 32.2 Å². The summed E-state index contributed by atoms with van der Waals surface area (Å²) in [5.41, 5.74) is -1.38. The van der Waals surface area contributed by atoms with E-state index in [9.17, 15) is 9.90 Å². The van der Waals surface area contributed by atoms with E-state index in [1.54, 1.807) is 7.05 Å². The van der Waals surface area contributed by atoms with E-state index in [4.69, 9.17) is 4.74 Å². The Labute approximate surface area is 121 Å². The third-order valence-corrected chi connectivity index (χ3v) is 4.61. The number of carbonyl (C=O) groups excluding carboxylic acids is 1. The lowest BCUT2D eigenvalue weighted by atomic mass is 9.92. The van der Waals surface area contributed by atoms with Crippen LogP contribution in [0.25, 0.3) is 0 Å². The SMILES string of the molecule is CNC(=O)C1(C)CN(CC2(O)CCCCCC2)CCO1. The molecule has 20 heavy (non-hydrogen) atoms. The fraction of sp³-hybridized carbons (Fsp3) is 0.933. The molecular weight excluding hydrogens is 256 g/mol. The minimum atomic E-state index is -0.798. The number of hydrogen-bond acceptors (Lipinski definition) is 4. The summed E-state index contributed by atoms with van der Waals surface area (Å²) in [5, 5.41) is 13.5. The van der Waals surface area contributed by atoms with Crippen molar-refractivity contribution in [3.8, 4) is 0 Å². The first kappa shape index (κ1) is 15.7. The van der Waals surface area contributed by atoms with Gasteiger partial charge in [-0.15, -0.1) is 0 Å². The van der Waals surface area contributed by atoms with Crippen LogP contribution in [-0.4, -0.2) is 60.4 Å². The van der Waals surface area contributed by atoms with Crippen LogP contribution in [0, 0.1) is 0 Å². The maximum absolute atomic E-state index is 11.9. The molecule has 1 saturated heterocycles. The lowest BCUT2D eigenvalue weighted by Gasteiger charge is -2.42. The first-order valence-corrected chi connectivity index (χ1v) is 7.78. The zero-order valence-corrected chi connectivity index (χ0v) is 12.8. The van der Waals surface area contributed by atoms with Gasteiger partial charge in [-0.3, -0.25) is 9.69 Å². The molecule has 5 heteroatoms. The predicted molar refractivity (Wildman–Crippen MR) is 77.5 cm³/mol. The summed E-state index contributed by atoms with van der Waals surface area (Å²) in [6.45, 7) is 4.36. The maximum Gasteiger partial charge on any atom is 0.253 e. The van der Waals surface area contributed by atoms with Gasteiger partial charge in [0.25, 0.3) is 5.91 Å². The quantitative estimate of drug-likeness (QED) is 0.756. The highest BCUT2D eigenvalue weighted by Crippen LogP contribution is 2.29. The van der Waals surface area contributed by atoms with Gasteiger partial charge in [0.2, 0.25) is 0 Å². The molecule has 1 saturated carbocycles. The van der Waals surface area contributed by atoms with E-state index in [0.29, 0.717) is 19.7 Å². The number of aliphatic hydroxyl groups is 1. The Kier molecular flexibility index (Phi) is 5.04. The number of β-amino-alcohol motifs (C(OH)–C–C–N with tert-alkyl or cyclic N) is 1. The molecule has 1 heterocycles. The van der Waals surface area contributed by atoms with E-state index in [1.807, 2.05) is 6.92 Å². The molecule has 1 aliphatic carbocycles. The van der Waals surface area contributed by atoms with Crippen LogP contribution in [0.15, 0.2) is 0 Å². The van der Waals surface area contributed by atoms with Crippen LogP contribution >= 0.6 is 0 Å². The Morgan fingerprint density at radius 2 is 1.95 bits per heavy atom. The molecule has 2 rings (SSSR count). The van der Waals surface area contributed by atoms with E-state index >= 15 is 0 Å². The van der Waals surface area contributed by atoms with Gasteiger partial charge in [0.05, 0.1) is 12.2 Å². The molecule has 2 aliphatic rings. The van der Waals surface area contributed by atoms with Gasteiger partial charge >= 0.3 is 0 Å². The van der Waals surface area contributed by atoms with Crippen molar-refractivity contribution in [1.82, 2.24) is 10.2 Å². The molecule has 0 spiro atoms. The second kappa shape index (κ2) is 6.41. The number of rotatable bonds is 3. The third kappa shape index (κ3) is 3.71. The van der Waals surface area contributed by atoms with E-state index in [2.05, 4.69) is 10.2 Å². The number of nitrogens with one attached hydrogen (secondary N) is 1. The smallest absolute Gasteiger partial charge is 0.253 e. The summed E-state index contributed by atoms with van der Waals surface area (Å²) in [5.74, 6) is -0.0879. The largest absolute Gasteiger partial charge is 0.389 e. The number of nitrogens with zero attached hydrogens (tertiary/aromatic N) is 1. The lowest BCUT2D eigenvalue weighted by Crippen LogP contribution is -2.59. The van der Waals surface area contributed by atoms with Crippen molar-refractivity contribution in [3.05, 3.63) is 0 Å². The van der Waals surface area contributed by atoms with E-state index in [1.165, 1.54) is 12.8 Å². The van der Waals surface area contributed by atoms with Crippen molar-refractivity contribution in [1.29, 1.82) is 0 Å². The zero-order chi connectivity index (χ0) is 14.6. The van der Waals surface area contributed by atoms with E-state index in [-0.39, 0.29) is 5.91 Å². The molecule has 0 aromatic heterocycles. The number of amides is 1. The molecule has 2 N–H and O–H groups in total. The number of ether oxygens (including phenoxy) is 1. The summed E-state index contributed by atoms with van der Waals surface area (Å²) >= 11 is 0. The van der Waals surface area contributed by atoms with Crippen molar-refractivity contribution in [2.75, 3.05) is 33.3 Å². The highest BCUT2D eigenvalue weighted by Gasteiger charge is 2.41. The molecule has 0 bridgehead atoms. The third-order valence-electron chi connectivity index (χ3n) is 4.61. The summed E-state index contributed by atoms with van der Waals surface area (Å²) in [7, 11) is 1.63. The van der Waals surface area contributed by atoms with Crippen molar-refractivity contribution >= 4 is 5.91 Å². The monoisotopic (exact) mass is 284 g/mol. The summed E-state index contributed by atoms with van der Waals surface area (Å²) in [6, 6.07) is 0. The topological polar surface area (TPSA) is 61.8 Å². The van der Waals surface area contributed by atoms with Gasteiger partial charge in [0.1, 0.15) is 0 Å². The molecule has 5 nitrogen and oxygen atoms in total. The molecule has 1 atom stereocenters. The van der Waals surface area contributed by atoms with Gasteiger partial charge in [-0.05, 0) is 19.8 Å². The van der Waals surface area contributed by atoms with E-state index < -0.39 is 11.2 Å². The molecule has 0 aromatic rings. The second-order valence-electron chi connectivity index (χ2n) is 6.51. The number of likely N-dealkylation sites (N-methyl/N-ethyl adjacent to an activating group) is 1. The first-order valence-electron chi connectivity index (χ1n) is 7.78. The van der Waals surface area contributed by atoms with Crippen LogP contribution in [0.2, 0.25) is 0 Å². The minimum Gasteiger partial charge on any atom is -0.389 e. The van der Waals surface area contributed by atoms with Gasteiger partial charge in [-0.1, -0.05) is 25.7 Å². The predicted octanol–water partition coefficient (Wildman–Crippen LogP) is 0.909. The van der Waals surface area contributed by atoms with Crippen LogP contribution in [0.5, 0.6) is 0 Å². The fourth-order valence-corrected chi connectivity index (χ4v) is 3.45. The standard InChI is InChI=1S/C15H28N2O3/c1-14(13(18)16-2)11-17(9-10-20-14)12-15(19)7-5-3-4-6-8-15/h19H,3-12H2,1-2H3,(H,16,18). The number of hydrogen-bond donors (Lipinski definition) is 2. The molecular formula is C15H28N2O3. The molecule has 116 valence electrons. The van der Waals surface area contributed by atoms with Gasteiger partial charge in [-0.25, -0.2) is 0 Å². The van der Waals surface area contributed by atoms with Crippen molar-refractivity contribution < 1.29 is 14.6 Å². The van der Waals surface area contributed by atoms with Gasteiger partial charge in [-0.2, -0.15) is 0 Å². The average molecular weight is 284 g/mol. The Hall–Kier alpha value is -0.650. The minimum absolute atomic E-state index is 0.0879. The van der Waals surface area contributed by atoms with Crippen LogP contribution in [0.4, 0.5) is 0 Å². The molecule has 1 aliphatic heterocycles. The number of morpholine rings is 1.